The van der Waals surface area contributed by atoms with E-state index in [-0.39, 0.29) is 23.4 Å². The molecule has 0 aliphatic carbocycles. The summed E-state index contributed by atoms with van der Waals surface area (Å²) in [4.78, 5) is 31.8. The van der Waals surface area contributed by atoms with Crippen molar-refractivity contribution < 1.29 is 4.79 Å². The molecule has 6 heteroatoms. The molecule has 1 amide bonds. The molecule has 0 radical (unpaired) electrons. The quantitative estimate of drug-likeness (QED) is 0.781. The summed E-state index contributed by atoms with van der Waals surface area (Å²) in [5.74, 6) is 0.967. The van der Waals surface area contributed by atoms with Crippen molar-refractivity contribution in [1.82, 2.24) is 14.5 Å². The lowest BCUT2D eigenvalue weighted by molar-refractivity contribution is -0.134. The number of nitrogens with zero attached hydrogens (tertiary/aromatic N) is 3. The molecule has 1 unspecified atom stereocenters. The van der Waals surface area contributed by atoms with Gasteiger partial charge < -0.3 is 4.90 Å². The summed E-state index contributed by atoms with van der Waals surface area (Å²) in [5.41, 5.74) is 0.448. The first kappa shape index (κ1) is 19.4. The van der Waals surface area contributed by atoms with Crippen molar-refractivity contribution in [3.63, 3.8) is 0 Å². The molecule has 5 nitrogen and oxygen atoms in total. The molecule has 1 aromatic carbocycles. The second-order valence-electron chi connectivity index (χ2n) is 6.86. The first-order valence-electron chi connectivity index (χ1n) is 8.71. The molecule has 1 aromatic heterocycles. The highest BCUT2D eigenvalue weighted by Crippen LogP contribution is 2.22. The summed E-state index contributed by atoms with van der Waals surface area (Å²) >= 11 is 6.00. The van der Waals surface area contributed by atoms with E-state index < -0.39 is 0 Å². The van der Waals surface area contributed by atoms with Crippen LogP contribution in [0.4, 0.5) is 0 Å². The molecule has 0 saturated carbocycles. The molecule has 2 rings (SSSR count). The zero-order valence-electron chi connectivity index (χ0n) is 15.5. The standard InChI is InChI=1S/C19H26ClN3O2/c1-6-9-23(17(24)10-12(2)3)13(4)18-21-16-8-7-14(20)11-15(16)19(25)22(18)5/h7-8,11-13H,6,9-10H2,1-5H3. The van der Waals surface area contributed by atoms with Gasteiger partial charge in [-0.25, -0.2) is 4.98 Å². The number of fused-ring (bicyclic) bond motifs is 1. The van der Waals surface area contributed by atoms with Crippen molar-refractivity contribution in [1.29, 1.82) is 0 Å². The predicted molar refractivity (Wildman–Crippen MR) is 102 cm³/mol. The van der Waals surface area contributed by atoms with E-state index in [1.54, 1.807) is 25.2 Å². The van der Waals surface area contributed by atoms with Crippen LogP contribution >= 0.6 is 11.6 Å². The average molecular weight is 364 g/mol. The van der Waals surface area contributed by atoms with Crippen LogP contribution in [0.2, 0.25) is 5.02 Å². The van der Waals surface area contributed by atoms with E-state index in [1.165, 1.54) is 4.57 Å². The summed E-state index contributed by atoms with van der Waals surface area (Å²) in [6.45, 7) is 8.66. The fourth-order valence-electron chi connectivity index (χ4n) is 3.01. The van der Waals surface area contributed by atoms with Gasteiger partial charge in [0.25, 0.3) is 5.56 Å². The topological polar surface area (TPSA) is 55.2 Å². The van der Waals surface area contributed by atoms with Gasteiger partial charge in [0.05, 0.1) is 16.9 Å². The number of hydrogen-bond acceptors (Lipinski definition) is 3. The van der Waals surface area contributed by atoms with Crippen LogP contribution < -0.4 is 5.56 Å². The largest absolute Gasteiger partial charge is 0.333 e. The van der Waals surface area contributed by atoms with Gasteiger partial charge in [-0.05, 0) is 37.5 Å². The monoisotopic (exact) mass is 363 g/mol. The van der Waals surface area contributed by atoms with Gasteiger partial charge >= 0.3 is 0 Å². The minimum Gasteiger partial charge on any atom is -0.333 e. The highest BCUT2D eigenvalue weighted by Gasteiger charge is 2.25. The molecule has 0 fully saturated rings. The lowest BCUT2D eigenvalue weighted by Gasteiger charge is -2.30. The van der Waals surface area contributed by atoms with Gasteiger partial charge in [-0.2, -0.15) is 0 Å². The fraction of sp³-hybridized carbons (Fsp3) is 0.526. The van der Waals surface area contributed by atoms with Crippen molar-refractivity contribution in [2.24, 2.45) is 13.0 Å². The number of carbonyl (C=O) groups excluding carboxylic acids is 1. The van der Waals surface area contributed by atoms with E-state index in [4.69, 9.17) is 11.6 Å². The minimum atomic E-state index is -0.274. The van der Waals surface area contributed by atoms with Crippen molar-refractivity contribution >= 4 is 28.4 Å². The maximum absolute atomic E-state index is 12.7. The molecule has 0 aliphatic rings. The van der Waals surface area contributed by atoms with Crippen LogP contribution in [0.15, 0.2) is 23.0 Å². The maximum Gasteiger partial charge on any atom is 0.261 e. The molecule has 25 heavy (non-hydrogen) atoms. The van der Waals surface area contributed by atoms with E-state index in [0.29, 0.717) is 34.7 Å². The van der Waals surface area contributed by atoms with E-state index >= 15 is 0 Å². The summed E-state index contributed by atoms with van der Waals surface area (Å²) in [6, 6.07) is 4.83. The number of halogens is 1. The number of amides is 1. The zero-order valence-corrected chi connectivity index (χ0v) is 16.3. The Morgan fingerprint density at radius 1 is 1.32 bits per heavy atom. The molecule has 2 aromatic rings. The summed E-state index contributed by atoms with van der Waals surface area (Å²) in [6.07, 6.45) is 1.34. The van der Waals surface area contributed by atoms with Gasteiger partial charge in [0.1, 0.15) is 5.82 Å². The number of benzene rings is 1. The van der Waals surface area contributed by atoms with Gasteiger partial charge in [0.15, 0.2) is 0 Å². The predicted octanol–water partition coefficient (Wildman–Crippen LogP) is 3.93. The Morgan fingerprint density at radius 3 is 2.60 bits per heavy atom. The van der Waals surface area contributed by atoms with Crippen LogP contribution in [0.1, 0.15) is 52.4 Å². The van der Waals surface area contributed by atoms with E-state index in [2.05, 4.69) is 4.98 Å². The Morgan fingerprint density at radius 2 is 2.00 bits per heavy atom. The molecule has 0 spiro atoms. The van der Waals surface area contributed by atoms with E-state index in [9.17, 15) is 9.59 Å². The molecule has 1 heterocycles. The van der Waals surface area contributed by atoms with Crippen LogP contribution in [0.3, 0.4) is 0 Å². The Bertz CT molecular complexity index is 829. The first-order chi connectivity index (χ1) is 11.8. The Hall–Kier alpha value is -1.88. The van der Waals surface area contributed by atoms with E-state index in [1.807, 2.05) is 32.6 Å². The SMILES string of the molecule is CCCN(C(=O)CC(C)C)C(C)c1nc2ccc(Cl)cc2c(=O)n1C. The second kappa shape index (κ2) is 8.00. The maximum atomic E-state index is 12.7. The third-order valence-corrected chi connectivity index (χ3v) is 4.52. The zero-order chi connectivity index (χ0) is 18.7. The third-order valence-electron chi connectivity index (χ3n) is 4.28. The van der Waals surface area contributed by atoms with Crippen LogP contribution in [0.25, 0.3) is 10.9 Å². The van der Waals surface area contributed by atoms with Gasteiger partial charge in [0.2, 0.25) is 5.91 Å². The van der Waals surface area contributed by atoms with Crippen molar-refractivity contribution in [2.75, 3.05) is 6.54 Å². The van der Waals surface area contributed by atoms with Crippen LogP contribution in [-0.4, -0.2) is 26.9 Å². The van der Waals surface area contributed by atoms with E-state index in [0.717, 1.165) is 6.42 Å². The van der Waals surface area contributed by atoms with Gasteiger partial charge in [-0.1, -0.05) is 32.4 Å². The first-order valence-corrected chi connectivity index (χ1v) is 9.09. The summed E-state index contributed by atoms with van der Waals surface area (Å²) in [5, 5.41) is 0.994. The van der Waals surface area contributed by atoms with Crippen LogP contribution in [0, 0.1) is 5.92 Å². The Balaban J connectivity index is 2.50. The van der Waals surface area contributed by atoms with Gasteiger partial charge in [-0.3, -0.25) is 14.2 Å². The second-order valence-corrected chi connectivity index (χ2v) is 7.29. The lowest BCUT2D eigenvalue weighted by Crippen LogP contribution is -2.38. The number of carbonyl (C=O) groups is 1. The highest BCUT2D eigenvalue weighted by molar-refractivity contribution is 6.31. The van der Waals surface area contributed by atoms with Crippen LogP contribution in [0.5, 0.6) is 0 Å². The average Bonchev–Trinajstić information content (AvgIpc) is 2.55. The molecular weight excluding hydrogens is 338 g/mol. The molecule has 0 aliphatic heterocycles. The number of aromatic nitrogens is 2. The van der Waals surface area contributed by atoms with Crippen LogP contribution in [-0.2, 0) is 11.8 Å². The lowest BCUT2D eigenvalue weighted by atomic mass is 10.1. The van der Waals surface area contributed by atoms with Crippen molar-refractivity contribution in [3.8, 4) is 0 Å². The molecular formula is C19H26ClN3O2. The molecule has 0 saturated heterocycles. The third kappa shape index (κ3) is 4.21. The van der Waals surface area contributed by atoms with Gasteiger partial charge in [0, 0.05) is 25.0 Å². The fourth-order valence-corrected chi connectivity index (χ4v) is 3.19. The highest BCUT2D eigenvalue weighted by atomic mass is 35.5. The molecule has 0 N–H and O–H groups in total. The number of rotatable bonds is 6. The Labute approximate surface area is 153 Å². The summed E-state index contributed by atoms with van der Waals surface area (Å²) < 4.78 is 1.52. The molecule has 136 valence electrons. The Kier molecular flexibility index (Phi) is 6.22. The van der Waals surface area contributed by atoms with Gasteiger partial charge in [-0.15, -0.1) is 0 Å². The normalized spacial score (nSPS) is 12.6. The minimum absolute atomic E-state index is 0.0924. The smallest absolute Gasteiger partial charge is 0.261 e. The molecule has 1 atom stereocenters. The number of hydrogen-bond donors (Lipinski definition) is 0. The molecule has 0 bridgehead atoms. The van der Waals surface area contributed by atoms with Crippen molar-refractivity contribution in [3.05, 3.63) is 39.4 Å². The summed E-state index contributed by atoms with van der Waals surface area (Å²) in [7, 11) is 1.69. The van der Waals surface area contributed by atoms with Crippen molar-refractivity contribution in [2.45, 2.75) is 46.6 Å².